The lowest BCUT2D eigenvalue weighted by atomic mass is 10.0. The molecule has 2 bridgehead atoms. The van der Waals surface area contributed by atoms with E-state index in [-0.39, 0.29) is 18.0 Å². The highest BCUT2D eigenvalue weighted by Gasteiger charge is 2.66. The Hall–Kier alpha value is -2.82. The number of nitrogens with zero attached hydrogens (tertiary/aromatic N) is 5. The molecule has 39 heavy (non-hydrogen) atoms. The first-order valence-corrected chi connectivity index (χ1v) is 14.6. The van der Waals surface area contributed by atoms with E-state index in [4.69, 9.17) is 19.4 Å². The summed E-state index contributed by atoms with van der Waals surface area (Å²) in [5.41, 5.74) is 1.92. The topological polar surface area (TPSA) is 92.7 Å². The molecule has 9 nitrogen and oxygen atoms in total. The summed E-state index contributed by atoms with van der Waals surface area (Å²) in [6.07, 6.45) is 3.07. The van der Waals surface area contributed by atoms with E-state index < -0.39 is 0 Å². The van der Waals surface area contributed by atoms with Crippen LogP contribution >= 0.6 is 11.3 Å². The molecule has 6 rings (SSSR count). The Morgan fingerprint density at radius 1 is 1.33 bits per heavy atom. The third-order valence-electron chi connectivity index (χ3n) is 8.26. The number of likely N-dealkylation sites (N-methyl/N-ethyl adjacent to an activating group) is 1. The molecule has 2 saturated heterocycles. The van der Waals surface area contributed by atoms with Crippen molar-refractivity contribution in [3.05, 3.63) is 28.8 Å². The van der Waals surface area contributed by atoms with Crippen molar-refractivity contribution < 1.29 is 14.3 Å². The second kappa shape index (κ2) is 9.67. The second-order valence-electron chi connectivity index (χ2n) is 12.4. The summed E-state index contributed by atoms with van der Waals surface area (Å²) in [5, 5.41) is 4.02. The number of hydrogen-bond acceptors (Lipinski definition) is 9. The van der Waals surface area contributed by atoms with Crippen LogP contribution in [0.5, 0.6) is 5.75 Å². The number of nitrogens with one attached hydrogen (secondary N) is 1. The van der Waals surface area contributed by atoms with Crippen LogP contribution in [0.2, 0.25) is 0 Å². The number of rotatable bonds is 8. The standard InChI is InChI=1S/C29H38N6O3S/c1-17-18(2)39-27-24(17)26(34(6)13-23(36)33-28(3,4)5)31-25(32-27)21-11-19(7-8-30-21)38-10-9-35-15-29-12-20(29)22(35)14-37-16-29/h7-8,11,20,22H,9-10,12-16H2,1-6H3,(H,33,36)/t20?,22?,29-/m0/s1. The van der Waals surface area contributed by atoms with Crippen LogP contribution in [0.15, 0.2) is 18.3 Å². The Balaban J connectivity index is 1.20. The molecule has 3 fully saturated rings. The molecule has 2 unspecified atom stereocenters. The first-order chi connectivity index (χ1) is 18.5. The largest absolute Gasteiger partial charge is 0.492 e. The highest BCUT2D eigenvalue weighted by atomic mass is 32.1. The number of likely N-dealkylation sites (tertiary alicyclic amines) is 1. The number of carbonyl (C=O) groups is 1. The van der Waals surface area contributed by atoms with Crippen molar-refractivity contribution in [1.82, 2.24) is 25.2 Å². The van der Waals surface area contributed by atoms with Crippen molar-refractivity contribution >= 4 is 33.3 Å². The summed E-state index contributed by atoms with van der Waals surface area (Å²) in [7, 11) is 1.90. The number of amides is 1. The zero-order chi connectivity index (χ0) is 27.5. The lowest BCUT2D eigenvalue weighted by molar-refractivity contribution is -0.121. The molecule has 1 saturated carbocycles. The summed E-state index contributed by atoms with van der Waals surface area (Å²) in [5.74, 6) is 2.78. The van der Waals surface area contributed by atoms with Gasteiger partial charge >= 0.3 is 0 Å². The summed E-state index contributed by atoms with van der Waals surface area (Å²) in [6, 6.07) is 4.34. The number of fused-ring (bicyclic) bond motifs is 1. The molecule has 2 aliphatic heterocycles. The van der Waals surface area contributed by atoms with Crippen molar-refractivity contribution in [2.75, 3.05) is 51.4 Å². The van der Waals surface area contributed by atoms with Gasteiger partial charge in [-0.2, -0.15) is 0 Å². The van der Waals surface area contributed by atoms with E-state index in [1.807, 2.05) is 44.9 Å². The molecule has 3 aromatic rings. The number of piperidine rings is 1. The molecule has 1 aliphatic carbocycles. The monoisotopic (exact) mass is 550 g/mol. The van der Waals surface area contributed by atoms with Crippen molar-refractivity contribution in [2.45, 2.75) is 52.6 Å². The maximum absolute atomic E-state index is 12.7. The Kier molecular flexibility index (Phi) is 6.55. The van der Waals surface area contributed by atoms with E-state index in [0.29, 0.717) is 29.6 Å². The Morgan fingerprint density at radius 2 is 2.15 bits per heavy atom. The van der Waals surface area contributed by atoms with Gasteiger partial charge in [0, 0.05) is 54.3 Å². The molecule has 1 N–H and O–H groups in total. The van der Waals surface area contributed by atoms with Gasteiger partial charge in [0.05, 0.1) is 25.1 Å². The third-order valence-corrected chi connectivity index (χ3v) is 9.36. The van der Waals surface area contributed by atoms with Crippen LogP contribution in [0, 0.1) is 25.2 Å². The number of aryl methyl sites for hydroxylation is 2. The van der Waals surface area contributed by atoms with Gasteiger partial charge in [-0.15, -0.1) is 11.3 Å². The van der Waals surface area contributed by atoms with E-state index in [2.05, 4.69) is 29.0 Å². The van der Waals surface area contributed by atoms with Crippen LogP contribution < -0.4 is 15.0 Å². The maximum atomic E-state index is 12.7. The first kappa shape index (κ1) is 26.4. The maximum Gasteiger partial charge on any atom is 0.239 e. The number of ether oxygens (including phenoxy) is 2. The van der Waals surface area contributed by atoms with Gasteiger partial charge in [-0.3, -0.25) is 14.7 Å². The lowest BCUT2D eigenvalue weighted by Gasteiger charge is -2.25. The van der Waals surface area contributed by atoms with Gasteiger partial charge in [-0.1, -0.05) is 0 Å². The van der Waals surface area contributed by atoms with Crippen molar-refractivity contribution in [1.29, 1.82) is 0 Å². The SMILES string of the molecule is Cc1sc2nc(-c3cc(OCCN4C[C@@]56COCC4C5C6)ccn3)nc(N(C)CC(=O)NC(C)(C)C)c2c1C. The molecule has 0 radical (unpaired) electrons. The molecule has 3 aliphatic rings. The molecule has 208 valence electrons. The minimum absolute atomic E-state index is 0.0539. The normalized spacial score (nSPS) is 24.1. The molecular formula is C29H38N6O3S. The van der Waals surface area contributed by atoms with Gasteiger partial charge in [0.1, 0.15) is 28.7 Å². The van der Waals surface area contributed by atoms with Gasteiger partial charge in [0.15, 0.2) is 5.82 Å². The van der Waals surface area contributed by atoms with Crippen molar-refractivity contribution in [2.24, 2.45) is 11.3 Å². The molecule has 0 aromatic carbocycles. The van der Waals surface area contributed by atoms with Gasteiger partial charge in [0.2, 0.25) is 5.91 Å². The molecule has 10 heteroatoms. The van der Waals surface area contributed by atoms with Gasteiger partial charge in [0.25, 0.3) is 0 Å². The van der Waals surface area contributed by atoms with Crippen LogP contribution in [-0.2, 0) is 9.53 Å². The average molecular weight is 551 g/mol. The smallest absolute Gasteiger partial charge is 0.239 e. The van der Waals surface area contributed by atoms with Crippen LogP contribution in [0.25, 0.3) is 21.7 Å². The number of thiophene rings is 1. The summed E-state index contributed by atoms with van der Waals surface area (Å²) in [4.78, 5) is 33.6. The van der Waals surface area contributed by atoms with Gasteiger partial charge in [-0.05, 0) is 58.6 Å². The molecule has 5 heterocycles. The molecule has 3 atom stereocenters. The van der Waals surface area contributed by atoms with E-state index in [1.54, 1.807) is 17.5 Å². The summed E-state index contributed by atoms with van der Waals surface area (Å²) in [6.45, 7) is 14.7. The van der Waals surface area contributed by atoms with Crippen LogP contribution in [-0.4, -0.2) is 83.8 Å². The van der Waals surface area contributed by atoms with E-state index >= 15 is 0 Å². The average Bonchev–Trinajstić information content (AvgIpc) is 3.49. The van der Waals surface area contributed by atoms with E-state index in [1.165, 1.54) is 11.3 Å². The first-order valence-electron chi connectivity index (χ1n) is 13.7. The minimum atomic E-state index is -0.301. The van der Waals surface area contributed by atoms with Crippen LogP contribution in [0.3, 0.4) is 0 Å². The summed E-state index contributed by atoms with van der Waals surface area (Å²) < 4.78 is 12.0. The van der Waals surface area contributed by atoms with Crippen molar-refractivity contribution in [3.8, 4) is 17.3 Å². The number of hydrogen-bond donors (Lipinski definition) is 1. The summed E-state index contributed by atoms with van der Waals surface area (Å²) >= 11 is 1.64. The van der Waals surface area contributed by atoms with Gasteiger partial charge in [-0.25, -0.2) is 9.97 Å². The number of pyridine rings is 1. The molecule has 3 aromatic heterocycles. The quantitative estimate of drug-likeness (QED) is 0.453. The highest BCUT2D eigenvalue weighted by molar-refractivity contribution is 7.18. The Bertz CT molecular complexity index is 1420. The van der Waals surface area contributed by atoms with Crippen LogP contribution in [0.1, 0.15) is 37.6 Å². The number of anilines is 1. The fourth-order valence-electron chi connectivity index (χ4n) is 6.21. The van der Waals surface area contributed by atoms with Crippen molar-refractivity contribution in [3.63, 3.8) is 0 Å². The van der Waals surface area contributed by atoms with E-state index in [0.717, 1.165) is 59.6 Å². The Labute approximate surface area is 233 Å². The molecule has 0 spiro atoms. The fourth-order valence-corrected chi connectivity index (χ4v) is 7.24. The lowest BCUT2D eigenvalue weighted by Crippen LogP contribution is -2.45. The third kappa shape index (κ3) is 5.10. The number of carbonyl (C=O) groups excluding carboxylic acids is 1. The predicted molar refractivity (Wildman–Crippen MR) is 154 cm³/mol. The molecule has 1 amide bonds. The second-order valence-corrected chi connectivity index (χ2v) is 13.6. The van der Waals surface area contributed by atoms with E-state index in [9.17, 15) is 4.79 Å². The predicted octanol–water partition coefficient (Wildman–Crippen LogP) is 3.82. The van der Waals surface area contributed by atoms with Crippen LogP contribution in [0.4, 0.5) is 5.82 Å². The molecular weight excluding hydrogens is 512 g/mol. The number of aromatic nitrogens is 3. The minimum Gasteiger partial charge on any atom is -0.492 e. The highest BCUT2D eigenvalue weighted by Crippen LogP contribution is 2.62. The zero-order valence-electron chi connectivity index (χ0n) is 23.7. The Morgan fingerprint density at radius 3 is 2.92 bits per heavy atom. The van der Waals surface area contributed by atoms with Gasteiger partial charge < -0.3 is 19.7 Å². The fraction of sp³-hybridized carbons (Fsp3) is 0.586. The zero-order valence-corrected chi connectivity index (χ0v) is 24.5.